The van der Waals surface area contributed by atoms with Crippen molar-refractivity contribution in [2.75, 3.05) is 0 Å². The lowest BCUT2D eigenvalue weighted by Crippen LogP contribution is -2.44. The number of fused-ring (bicyclic) bond motifs is 3. The lowest BCUT2D eigenvalue weighted by atomic mass is 9.94. The van der Waals surface area contributed by atoms with Gasteiger partial charge in [-0.15, -0.1) is 0 Å². The quantitative estimate of drug-likeness (QED) is 0.448. The first kappa shape index (κ1) is 17.8. The van der Waals surface area contributed by atoms with Crippen LogP contribution in [0.1, 0.15) is 11.3 Å². The topological polar surface area (TPSA) is 25.2 Å². The number of rotatable bonds is 2. The van der Waals surface area contributed by atoms with Crippen molar-refractivity contribution >= 4 is 16.5 Å². The Balaban J connectivity index is 1.95. The number of nitrogens with zero attached hydrogens (tertiary/aromatic N) is 1. The third kappa shape index (κ3) is 2.47. The summed E-state index contributed by atoms with van der Waals surface area (Å²) in [5.74, 6) is 0. The Hall–Kier alpha value is -3.31. The SMILES string of the molecule is OC1(C(F)(F)F)C=C(c2ccccc2)c2c(-c3ccccc3)c3ccccc3n21. The predicted octanol–water partition coefficient (Wildman–Crippen LogP) is 5.96. The minimum atomic E-state index is -4.88. The second kappa shape index (κ2) is 6.09. The Morgan fingerprint density at radius 2 is 1.28 bits per heavy atom. The standard InChI is InChI=1S/C24H16F3NO/c25-24(26,27)23(29)15-19(16-9-3-1-4-10-16)22-21(17-11-5-2-6-12-17)18-13-7-8-14-20(18)28(22)23/h1-15,29H. The number of hydrogen-bond acceptors (Lipinski definition) is 1. The molecule has 0 fully saturated rings. The summed E-state index contributed by atoms with van der Waals surface area (Å²) in [5, 5.41) is 11.6. The van der Waals surface area contributed by atoms with Gasteiger partial charge in [0.2, 0.25) is 0 Å². The molecule has 144 valence electrons. The van der Waals surface area contributed by atoms with E-state index >= 15 is 0 Å². The highest BCUT2D eigenvalue weighted by molar-refractivity contribution is 6.06. The van der Waals surface area contributed by atoms with Gasteiger partial charge in [-0.25, -0.2) is 0 Å². The molecule has 4 aromatic rings. The minimum absolute atomic E-state index is 0.336. The first-order valence-electron chi connectivity index (χ1n) is 9.19. The molecule has 1 unspecified atom stereocenters. The lowest BCUT2D eigenvalue weighted by molar-refractivity contribution is -0.272. The molecule has 1 aliphatic heterocycles. The molecule has 1 atom stereocenters. The first-order valence-corrected chi connectivity index (χ1v) is 9.19. The molecule has 5 heteroatoms. The van der Waals surface area contributed by atoms with E-state index in [0.29, 0.717) is 33.3 Å². The van der Waals surface area contributed by atoms with Gasteiger partial charge in [-0.05, 0) is 23.3 Å². The van der Waals surface area contributed by atoms with Gasteiger partial charge in [-0.1, -0.05) is 78.9 Å². The van der Waals surface area contributed by atoms with E-state index in [9.17, 15) is 18.3 Å². The van der Waals surface area contributed by atoms with Crippen molar-refractivity contribution < 1.29 is 18.3 Å². The predicted molar refractivity (Wildman–Crippen MR) is 107 cm³/mol. The summed E-state index contributed by atoms with van der Waals surface area (Å²) in [6, 6.07) is 25.1. The molecule has 1 aliphatic rings. The molecule has 5 rings (SSSR count). The van der Waals surface area contributed by atoms with Crippen molar-refractivity contribution in [1.29, 1.82) is 0 Å². The second-order valence-electron chi connectivity index (χ2n) is 7.09. The molecule has 0 saturated heterocycles. The summed E-state index contributed by atoms with van der Waals surface area (Å²) >= 11 is 0. The molecule has 0 saturated carbocycles. The Bertz CT molecular complexity index is 1240. The Labute approximate surface area is 165 Å². The van der Waals surface area contributed by atoms with E-state index in [1.165, 1.54) is 0 Å². The highest BCUT2D eigenvalue weighted by Gasteiger charge is 2.58. The van der Waals surface area contributed by atoms with Crippen LogP contribution < -0.4 is 0 Å². The monoisotopic (exact) mass is 391 g/mol. The van der Waals surface area contributed by atoms with Gasteiger partial charge in [0.05, 0.1) is 11.2 Å². The van der Waals surface area contributed by atoms with Crippen LogP contribution >= 0.6 is 0 Å². The van der Waals surface area contributed by atoms with Crippen molar-refractivity contribution in [2.24, 2.45) is 0 Å². The van der Waals surface area contributed by atoms with Gasteiger partial charge in [0.15, 0.2) is 0 Å². The van der Waals surface area contributed by atoms with E-state index in [4.69, 9.17) is 0 Å². The molecule has 0 amide bonds. The zero-order chi connectivity index (χ0) is 20.2. The fourth-order valence-electron chi connectivity index (χ4n) is 4.13. The van der Waals surface area contributed by atoms with Crippen molar-refractivity contribution in [2.45, 2.75) is 11.9 Å². The Kier molecular flexibility index (Phi) is 3.73. The van der Waals surface area contributed by atoms with Gasteiger partial charge in [0.1, 0.15) is 0 Å². The molecule has 0 spiro atoms. The summed E-state index contributed by atoms with van der Waals surface area (Å²) in [4.78, 5) is 0. The number of aliphatic hydroxyl groups is 1. The zero-order valence-corrected chi connectivity index (χ0v) is 15.2. The second-order valence-corrected chi connectivity index (χ2v) is 7.09. The van der Waals surface area contributed by atoms with Crippen LogP contribution in [-0.2, 0) is 5.72 Å². The van der Waals surface area contributed by atoms with Crippen LogP contribution in [0.4, 0.5) is 13.2 Å². The van der Waals surface area contributed by atoms with Crippen molar-refractivity contribution in [3.05, 3.63) is 102 Å². The third-order valence-corrected chi connectivity index (χ3v) is 5.38. The van der Waals surface area contributed by atoms with E-state index in [0.717, 1.165) is 16.2 Å². The molecular weight excluding hydrogens is 375 g/mol. The van der Waals surface area contributed by atoms with Crippen LogP contribution in [0, 0.1) is 0 Å². The zero-order valence-electron chi connectivity index (χ0n) is 15.2. The fraction of sp³-hybridized carbons (Fsp3) is 0.0833. The number of alkyl halides is 3. The number of para-hydroxylation sites is 1. The van der Waals surface area contributed by atoms with Crippen LogP contribution in [-0.4, -0.2) is 15.8 Å². The number of aromatic nitrogens is 1. The summed E-state index contributed by atoms with van der Waals surface area (Å²) in [7, 11) is 0. The number of hydrogen-bond donors (Lipinski definition) is 1. The molecule has 1 aromatic heterocycles. The number of halogens is 3. The van der Waals surface area contributed by atoms with Crippen LogP contribution in [0.15, 0.2) is 91.0 Å². The summed E-state index contributed by atoms with van der Waals surface area (Å²) < 4.78 is 43.4. The lowest BCUT2D eigenvalue weighted by Gasteiger charge is -2.27. The minimum Gasteiger partial charge on any atom is -0.360 e. The molecule has 2 heterocycles. The maximum atomic E-state index is 14.1. The van der Waals surface area contributed by atoms with E-state index in [-0.39, 0.29) is 0 Å². The van der Waals surface area contributed by atoms with E-state index in [1.54, 1.807) is 48.5 Å². The van der Waals surface area contributed by atoms with Gasteiger partial charge < -0.3 is 5.11 Å². The Morgan fingerprint density at radius 1 is 0.724 bits per heavy atom. The Morgan fingerprint density at radius 3 is 1.90 bits per heavy atom. The first-order chi connectivity index (χ1) is 13.9. The molecule has 0 aliphatic carbocycles. The van der Waals surface area contributed by atoms with Gasteiger partial charge in [-0.2, -0.15) is 13.2 Å². The molecule has 29 heavy (non-hydrogen) atoms. The highest BCUT2D eigenvalue weighted by Crippen LogP contribution is 2.52. The average molecular weight is 391 g/mol. The maximum Gasteiger partial charge on any atom is 0.441 e. The summed E-state index contributed by atoms with van der Waals surface area (Å²) in [5.41, 5.74) is 0.0310. The fourth-order valence-corrected chi connectivity index (χ4v) is 4.13. The normalized spacial score (nSPS) is 18.7. The third-order valence-electron chi connectivity index (χ3n) is 5.38. The van der Waals surface area contributed by atoms with Crippen molar-refractivity contribution in [3.8, 4) is 11.1 Å². The highest BCUT2D eigenvalue weighted by atomic mass is 19.4. The van der Waals surface area contributed by atoms with Crippen LogP contribution in [0.25, 0.3) is 27.6 Å². The van der Waals surface area contributed by atoms with Gasteiger partial charge in [0.25, 0.3) is 5.72 Å². The molecular formula is C24H16F3NO. The molecule has 2 nitrogen and oxygen atoms in total. The van der Waals surface area contributed by atoms with Crippen molar-refractivity contribution in [1.82, 2.24) is 4.57 Å². The molecule has 0 radical (unpaired) electrons. The van der Waals surface area contributed by atoms with E-state index < -0.39 is 11.9 Å². The van der Waals surface area contributed by atoms with Crippen molar-refractivity contribution in [3.63, 3.8) is 0 Å². The largest absolute Gasteiger partial charge is 0.441 e. The van der Waals surface area contributed by atoms with E-state index in [2.05, 4.69) is 0 Å². The summed E-state index contributed by atoms with van der Waals surface area (Å²) in [6.07, 6.45) is -3.95. The number of benzene rings is 3. The van der Waals surface area contributed by atoms with Gasteiger partial charge >= 0.3 is 6.18 Å². The molecule has 3 aromatic carbocycles. The van der Waals surface area contributed by atoms with Crippen LogP contribution in [0.2, 0.25) is 0 Å². The van der Waals surface area contributed by atoms with Crippen LogP contribution in [0.5, 0.6) is 0 Å². The smallest absolute Gasteiger partial charge is 0.360 e. The van der Waals surface area contributed by atoms with E-state index in [1.807, 2.05) is 36.4 Å². The van der Waals surface area contributed by atoms with Gasteiger partial charge in [0, 0.05) is 16.5 Å². The molecule has 1 N–H and O–H groups in total. The van der Waals surface area contributed by atoms with Gasteiger partial charge in [-0.3, -0.25) is 4.57 Å². The summed E-state index contributed by atoms with van der Waals surface area (Å²) in [6.45, 7) is 0. The maximum absolute atomic E-state index is 14.1. The molecule has 0 bridgehead atoms. The van der Waals surface area contributed by atoms with Crippen LogP contribution in [0.3, 0.4) is 0 Å². The average Bonchev–Trinajstić information content (AvgIpc) is 3.23.